The van der Waals surface area contributed by atoms with E-state index in [0.717, 1.165) is 22.9 Å². The van der Waals surface area contributed by atoms with E-state index in [2.05, 4.69) is 20.7 Å². The lowest BCUT2D eigenvalue weighted by atomic mass is 10.3. The normalized spacial score (nSPS) is 11.1. The lowest BCUT2D eigenvalue weighted by Crippen LogP contribution is -2.29. The molecular weight excluding hydrogens is 306 g/mol. The summed E-state index contributed by atoms with van der Waals surface area (Å²) in [6.45, 7) is 3.14. The fraction of sp³-hybridized carbons (Fsp3) is 0.538. The quantitative estimate of drug-likeness (QED) is 0.782. The SMILES string of the molecule is CCc1cc(CN(C)CC(=O)Nc2nnc(COC)s2)on1. The van der Waals surface area contributed by atoms with Crippen LogP contribution in [0.15, 0.2) is 10.6 Å². The molecule has 0 saturated carbocycles. The maximum atomic E-state index is 12.0. The average molecular weight is 325 g/mol. The Kier molecular flexibility index (Phi) is 5.99. The van der Waals surface area contributed by atoms with Gasteiger partial charge >= 0.3 is 0 Å². The summed E-state index contributed by atoms with van der Waals surface area (Å²) in [6.07, 6.45) is 0.828. The smallest absolute Gasteiger partial charge is 0.240 e. The number of likely N-dealkylation sites (N-methyl/N-ethyl adjacent to an activating group) is 1. The van der Waals surface area contributed by atoms with E-state index < -0.39 is 0 Å². The zero-order valence-electron chi connectivity index (χ0n) is 12.8. The third-order valence-electron chi connectivity index (χ3n) is 2.79. The number of hydrogen-bond donors (Lipinski definition) is 1. The Morgan fingerprint density at radius 1 is 1.50 bits per heavy atom. The molecule has 1 amide bonds. The maximum absolute atomic E-state index is 12.0. The van der Waals surface area contributed by atoms with Crippen molar-refractivity contribution in [2.75, 3.05) is 26.0 Å². The van der Waals surface area contributed by atoms with Crippen LogP contribution >= 0.6 is 11.3 Å². The summed E-state index contributed by atoms with van der Waals surface area (Å²) in [7, 11) is 3.42. The first-order chi connectivity index (χ1) is 10.6. The molecule has 0 bridgehead atoms. The molecule has 0 aliphatic heterocycles. The highest BCUT2D eigenvalue weighted by atomic mass is 32.1. The molecule has 2 aromatic rings. The van der Waals surface area contributed by atoms with Crippen LogP contribution in [-0.4, -0.2) is 46.9 Å². The third-order valence-corrected chi connectivity index (χ3v) is 3.60. The number of anilines is 1. The molecule has 120 valence electrons. The number of rotatable bonds is 8. The molecule has 0 aliphatic rings. The van der Waals surface area contributed by atoms with Crippen molar-refractivity contribution in [3.8, 4) is 0 Å². The fourth-order valence-corrected chi connectivity index (χ4v) is 2.54. The van der Waals surface area contributed by atoms with Crippen molar-refractivity contribution in [1.29, 1.82) is 0 Å². The number of methoxy groups -OCH3 is 1. The average Bonchev–Trinajstić information content (AvgIpc) is 3.08. The second-order valence-corrected chi connectivity index (χ2v) is 5.85. The molecule has 1 N–H and O–H groups in total. The van der Waals surface area contributed by atoms with Gasteiger partial charge in [0.15, 0.2) is 5.76 Å². The largest absolute Gasteiger partial charge is 0.377 e. The number of ether oxygens (including phenoxy) is 1. The molecule has 0 radical (unpaired) electrons. The summed E-state index contributed by atoms with van der Waals surface area (Å²) in [5, 5.41) is 15.6. The van der Waals surface area contributed by atoms with Gasteiger partial charge in [0.2, 0.25) is 11.0 Å². The minimum absolute atomic E-state index is 0.155. The van der Waals surface area contributed by atoms with Gasteiger partial charge in [-0.05, 0) is 13.5 Å². The van der Waals surface area contributed by atoms with Crippen molar-refractivity contribution in [3.63, 3.8) is 0 Å². The fourth-order valence-electron chi connectivity index (χ4n) is 1.81. The van der Waals surface area contributed by atoms with Gasteiger partial charge in [0, 0.05) is 13.2 Å². The lowest BCUT2D eigenvalue weighted by Gasteiger charge is -2.13. The van der Waals surface area contributed by atoms with Gasteiger partial charge in [-0.2, -0.15) is 0 Å². The van der Waals surface area contributed by atoms with Gasteiger partial charge in [0.1, 0.15) is 11.6 Å². The predicted octanol–water partition coefficient (Wildman–Crippen LogP) is 1.31. The first kappa shape index (κ1) is 16.5. The maximum Gasteiger partial charge on any atom is 0.240 e. The number of carbonyl (C=O) groups excluding carboxylic acids is 1. The number of carbonyl (C=O) groups is 1. The molecule has 0 atom stereocenters. The van der Waals surface area contributed by atoms with Crippen LogP contribution < -0.4 is 5.32 Å². The Labute approximate surface area is 132 Å². The molecule has 0 aliphatic carbocycles. The Balaban J connectivity index is 1.80. The van der Waals surface area contributed by atoms with Gasteiger partial charge < -0.3 is 9.26 Å². The minimum atomic E-state index is -0.155. The Morgan fingerprint density at radius 2 is 2.32 bits per heavy atom. The number of nitrogens with one attached hydrogen (secondary N) is 1. The van der Waals surface area contributed by atoms with Gasteiger partial charge in [-0.25, -0.2) is 0 Å². The number of aromatic nitrogens is 3. The number of hydrogen-bond acceptors (Lipinski definition) is 8. The summed E-state index contributed by atoms with van der Waals surface area (Å²) in [5.74, 6) is 0.586. The Hall–Kier alpha value is -1.84. The molecule has 0 spiro atoms. The van der Waals surface area contributed by atoms with Crippen LogP contribution in [0.1, 0.15) is 23.4 Å². The minimum Gasteiger partial charge on any atom is -0.377 e. The Bertz CT molecular complexity index is 612. The zero-order chi connectivity index (χ0) is 15.9. The van der Waals surface area contributed by atoms with Crippen molar-refractivity contribution < 1.29 is 14.1 Å². The van der Waals surface area contributed by atoms with Crippen LogP contribution in [0.25, 0.3) is 0 Å². The highest BCUT2D eigenvalue weighted by Crippen LogP contribution is 2.15. The van der Waals surface area contributed by atoms with E-state index in [1.165, 1.54) is 11.3 Å². The number of amides is 1. The number of aryl methyl sites for hydroxylation is 1. The third kappa shape index (κ3) is 4.86. The second kappa shape index (κ2) is 7.97. The van der Waals surface area contributed by atoms with Crippen molar-refractivity contribution >= 4 is 22.4 Å². The summed E-state index contributed by atoms with van der Waals surface area (Å²) >= 11 is 1.30. The van der Waals surface area contributed by atoms with E-state index in [0.29, 0.717) is 18.3 Å². The van der Waals surface area contributed by atoms with E-state index in [4.69, 9.17) is 9.26 Å². The summed E-state index contributed by atoms with van der Waals surface area (Å²) in [5.41, 5.74) is 0.910. The van der Waals surface area contributed by atoms with Crippen LogP contribution in [0.3, 0.4) is 0 Å². The second-order valence-electron chi connectivity index (χ2n) is 4.79. The molecule has 2 rings (SSSR count). The van der Waals surface area contributed by atoms with Crippen molar-refractivity contribution in [2.24, 2.45) is 0 Å². The molecule has 0 aromatic carbocycles. The van der Waals surface area contributed by atoms with Crippen LogP contribution in [0.5, 0.6) is 0 Å². The summed E-state index contributed by atoms with van der Waals surface area (Å²) < 4.78 is 10.2. The first-order valence-electron chi connectivity index (χ1n) is 6.85. The molecule has 22 heavy (non-hydrogen) atoms. The molecule has 0 unspecified atom stereocenters. The monoisotopic (exact) mass is 325 g/mol. The molecule has 2 aromatic heterocycles. The van der Waals surface area contributed by atoms with Crippen LogP contribution in [0.4, 0.5) is 5.13 Å². The highest BCUT2D eigenvalue weighted by molar-refractivity contribution is 7.15. The van der Waals surface area contributed by atoms with Gasteiger partial charge in [-0.15, -0.1) is 10.2 Å². The predicted molar refractivity (Wildman–Crippen MR) is 81.5 cm³/mol. The zero-order valence-corrected chi connectivity index (χ0v) is 13.6. The van der Waals surface area contributed by atoms with E-state index in [1.807, 2.05) is 24.9 Å². The summed E-state index contributed by atoms with van der Waals surface area (Å²) in [4.78, 5) is 13.8. The lowest BCUT2D eigenvalue weighted by molar-refractivity contribution is -0.117. The molecule has 0 fully saturated rings. The molecule has 0 saturated heterocycles. The standard InChI is InChI=1S/C13H19N5O3S/c1-4-9-5-10(21-17-9)6-18(2)7-11(19)14-13-16-15-12(22-13)8-20-3/h5H,4,6-8H2,1-3H3,(H,14,16,19). The molecule has 2 heterocycles. The topological polar surface area (TPSA) is 93.4 Å². The van der Waals surface area contributed by atoms with E-state index in [9.17, 15) is 4.79 Å². The molecular formula is C13H19N5O3S. The highest BCUT2D eigenvalue weighted by Gasteiger charge is 2.12. The molecule has 8 nitrogen and oxygen atoms in total. The van der Waals surface area contributed by atoms with Crippen LogP contribution in [-0.2, 0) is 29.1 Å². The summed E-state index contributed by atoms with van der Waals surface area (Å²) in [6, 6.07) is 1.90. The van der Waals surface area contributed by atoms with Gasteiger partial charge in [-0.1, -0.05) is 23.4 Å². The molecule has 9 heteroatoms. The first-order valence-corrected chi connectivity index (χ1v) is 7.66. The van der Waals surface area contributed by atoms with E-state index >= 15 is 0 Å². The van der Waals surface area contributed by atoms with Gasteiger partial charge in [0.05, 0.1) is 18.8 Å². The van der Waals surface area contributed by atoms with Gasteiger partial charge in [-0.3, -0.25) is 15.0 Å². The van der Waals surface area contributed by atoms with E-state index in [1.54, 1.807) is 7.11 Å². The van der Waals surface area contributed by atoms with Crippen molar-refractivity contribution in [3.05, 3.63) is 22.5 Å². The van der Waals surface area contributed by atoms with E-state index in [-0.39, 0.29) is 12.5 Å². The van der Waals surface area contributed by atoms with Gasteiger partial charge in [0.25, 0.3) is 0 Å². The van der Waals surface area contributed by atoms with Crippen molar-refractivity contribution in [2.45, 2.75) is 26.5 Å². The van der Waals surface area contributed by atoms with Crippen LogP contribution in [0, 0.1) is 0 Å². The number of nitrogens with zero attached hydrogens (tertiary/aromatic N) is 4. The van der Waals surface area contributed by atoms with Crippen LogP contribution in [0.2, 0.25) is 0 Å². The Morgan fingerprint density at radius 3 is 3.00 bits per heavy atom. The van der Waals surface area contributed by atoms with Crippen molar-refractivity contribution in [1.82, 2.24) is 20.3 Å².